The minimum atomic E-state index is -5.60. The molecular formula is C25H42N7O20P3S. The van der Waals surface area contributed by atoms with Gasteiger partial charge in [0, 0.05) is 30.7 Å². The third-order valence-electron chi connectivity index (χ3n) is 7.54. The van der Waals surface area contributed by atoms with Gasteiger partial charge < -0.3 is 66.2 Å². The lowest BCUT2D eigenvalue weighted by molar-refractivity contribution is -0.137. The van der Waals surface area contributed by atoms with Crippen molar-refractivity contribution < 1.29 is 95.8 Å². The van der Waals surface area contributed by atoms with Gasteiger partial charge in [0.1, 0.15) is 42.4 Å². The third kappa shape index (κ3) is 13.8. The first kappa shape index (κ1) is 47.8. The van der Waals surface area contributed by atoms with Gasteiger partial charge in [0.15, 0.2) is 23.8 Å². The first-order chi connectivity index (χ1) is 25.9. The second-order valence-corrected chi connectivity index (χ2v) is 17.8. The summed E-state index contributed by atoms with van der Waals surface area (Å²) in [6.07, 6.45) is -10.6. The third-order valence-corrected chi connectivity index (χ3v) is 11.6. The zero-order valence-corrected chi connectivity index (χ0v) is 32.8. The lowest BCUT2D eigenvalue weighted by atomic mass is 9.87. The molecule has 9 atom stereocenters. The molecule has 0 radical (unpaired) electrons. The fourth-order valence-corrected chi connectivity index (χ4v) is 8.19. The van der Waals surface area contributed by atoms with Crippen LogP contribution in [0.5, 0.6) is 0 Å². The number of anilines is 1. The highest BCUT2D eigenvalue weighted by Gasteiger charge is 2.50. The number of thioether (sulfide) groups is 1. The van der Waals surface area contributed by atoms with Crippen molar-refractivity contribution in [1.82, 2.24) is 30.2 Å². The summed E-state index contributed by atoms with van der Waals surface area (Å²) in [4.78, 5) is 87.0. The van der Waals surface area contributed by atoms with Crippen LogP contribution in [0.2, 0.25) is 0 Å². The van der Waals surface area contributed by atoms with Gasteiger partial charge in [-0.2, -0.15) is 4.31 Å². The van der Waals surface area contributed by atoms with Gasteiger partial charge in [-0.05, 0) is 0 Å². The van der Waals surface area contributed by atoms with Crippen LogP contribution in [0.1, 0.15) is 26.5 Å². The Kier molecular flexibility index (Phi) is 17.0. The maximum atomic E-state index is 12.6. The summed E-state index contributed by atoms with van der Waals surface area (Å²) in [5.74, 6) is -1.66. The minimum absolute atomic E-state index is 0.0149. The molecule has 318 valence electrons. The van der Waals surface area contributed by atoms with Crippen LogP contribution in [0.4, 0.5) is 5.82 Å². The molecule has 1 saturated heterocycles. The van der Waals surface area contributed by atoms with Crippen LogP contribution >= 0.6 is 35.2 Å². The number of imidazole rings is 1. The van der Waals surface area contributed by atoms with E-state index in [2.05, 4.69) is 34.4 Å². The van der Waals surface area contributed by atoms with Crippen LogP contribution in [0.15, 0.2) is 12.7 Å². The van der Waals surface area contributed by atoms with E-state index in [-0.39, 0.29) is 42.2 Å². The van der Waals surface area contributed by atoms with Crippen LogP contribution in [-0.2, 0) is 50.7 Å². The second-order valence-electron chi connectivity index (χ2n) is 12.4. The summed E-state index contributed by atoms with van der Waals surface area (Å²) in [6.45, 7) is -0.820. The SMILES string of the molecule is CC(C)(COP(=O)(O)OP(=O)(O)OC[C@H]1O[C@@H](n2cnc3c(N)ncnc32)[C@H](O)[C@@H]1OP(=O)(O)O)C(O)C(=O)NCCC(=O)NCCSC(=O)C(O)C(O)CO. The lowest BCUT2D eigenvalue weighted by Crippen LogP contribution is -2.46. The summed E-state index contributed by atoms with van der Waals surface area (Å²) < 4.78 is 61.9. The number of rotatable bonds is 22. The average Bonchev–Trinajstić information content (AvgIpc) is 3.67. The quantitative estimate of drug-likeness (QED) is 0.0401. The number of amides is 2. The maximum absolute atomic E-state index is 12.6. The molecule has 2 aromatic rings. The predicted octanol–water partition coefficient (Wildman–Crippen LogP) is -3.62. The number of nitrogens with zero attached hydrogens (tertiary/aromatic N) is 4. The Balaban J connectivity index is 1.49. The fraction of sp³-hybridized carbons (Fsp3) is 0.680. The van der Waals surface area contributed by atoms with E-state index in [4.69, 9.17) is 24.6 Å². The number of nitrogens with one attached hydrogen (secondary N) is 2. The predicted molar refractivity (Wildman–Crippen MR) is 186 cm³/mol. The maximum Gasteiger partial charge on any atom is 0.481 e. The van der Waals surface area contributed by atoms with Gasteiger partial charge >= 0.3 is 23.5 Å². The molecule has 5 unspecified atom stereocenters. The number of hydrogen-bond acceptors (Lipinski definition) is 21. The Hall–Kier alpha value is -2.56. The first-order valence-electron chi connectivity index (χ1n) is 15.9. The second kappa shape index (κ2) is 19.9. The zero-order valence-electron chi connectivity index (χ0n) is 29.3. The van der Waals surface area contributed by atoms with E-state index in [0.29, 0.717) is 11.8 Å². The van der Waals surface area contributed by atoms with E-state index in [1.54, 1.807) is 0 Å². The van der Waals surface area contributed by atoms with Crippen LogP contribution in [0.25, 0.3) is 11.2 Å². The molecule has 0 aromatic carbocycles. The van der Waals surface area contributed by atoms with Gasteiger partial charge in [-0.3, -0.25) is 32.5 Å². The van der Waals surface area contributed by atoms with Crippen molar-refractivity contribution >= 4 is 69.1 Å². The Morgan fingerprint density at radius 2 is 1.70 bits per heavy atom. The smallest absolute Gasteiger partial charge is 0.394 e. The summed E-state index contributed by atoms with van der Waals surface area (Å²) >= 11 is 0.601. The molecule has 13 N–H and O–H groups in total. The largest absolute Gasteiger partial charge is 0.481 e. The summed E-state index contributed by atoms with van der Waals surface area (Å²) in [6, 6.07) is 0. The van der Waals surface area contributed by atoms with Gasteiger partial charge in [-0.15, -0.1) is 0 Å². The molecule has 3 rings (SSSR count). The number of nitrogen functional groups attached to an aromatic ring is 1. The van der Waals surface area contributed by atoms with E-state index >= 15 is 0 Å². The number of carbonyl (C=O) groups is 3. The molecule has 2 aromatic heterocycles. The van der Waals surface area contributed by atoms with Crippen LogP contribution in [-0.4, -0.2) is 157 Å². The highest BCUT2D eigenvalue weighted by molar-refractivity contribution is 8.13. The van der Waals surface area contributed by atoms with Crippen LogP contribution in [0, 0.1) is 5.41 Å². The van der Waals surface area contributed by atoms with Crippen LogP contribution in [0.3, 0.4) is 0 Å². The molecule has 1 aliphatic heterocycles. The number of hydrogen-bond donors (Lipinski definition) is 12. The fourth-order valence-electron chi connectivity index (χ4n) is 4.62. The highest BCUT2D eigenvalue weighted by atomic mass is 32.2. The van der Waals surface area contributed by atoms with E-state index in [0.717, 1.165) is 17.2 Å². The number of carbonyl (C=O) groups excluding carboxylic acids is 3. The van der Waals surface area contributed by atoms with Crippen molar-refractivity contribution in [2.45, 2.75) is 63.1 Å². The Labute approximate surface area is 320 Å². The molecule has 0 bridgehead atoms. The molecule has 31 heteroatoms. The number of ether oxygens (including phenoxy) is 1. The van der Waals surface area contributed by atoms with E-state index in [1.807, 2.05) is 0 Å². The van der Waals surface area contributed by atoms with Crippen molar-refractivity contribution in [2.24, 2.45) is 5.41 Å². The number of fused-ring (bicyclic) bond motifs is 1. The van der Waals surface area contributed by atoms with Crippen molar-refractivity contribution in [1.29, 1.82) is 0 Å². The van der Waals surface area contributed by atoms with E-state index < -0.39 is 108 Å². The number of aliphatic hydroxyl groups is 5. The zero-order chi connectivity index (χ0) is 42.2. The monoisotopic (exact) mass is 885 g/mol. The molecule has 2 amide bonds. The number of aromatic nitrogens is 4. The molecule has 0 aliphatic carbocycles. The minimum Gasteiger partial charge on any atom is -0.394 e. The van der Waals surface area contributed by atoms with E-state index in [1.165, 1.54) is 13.8 Å². The number of nitrogens with two attached hydrogens (primary N) is 1. The van der Waals surface area contributed by atoms with Gasteiger partial charge in [0.2, 0.25) is 16.9 Å². The molecule has 56 heavy (non-hydrogen) atoms. The molecule has 1 aliphatic rings. The van der Waals surface area contributed by atoms with Gasteiger partial charge in [0.05, 0.1) is 26.1 Å². The Morgan fingerprint density at radius 3 is 2.34 bits per heavy atom. The van der Waals surface area contributed by atoms with Crippen molar-refractivity contribution in [2.75, 3.05) is 44.4 Å². The summed E-state index contributed by atoms with van der Waals surface area (Å²) in [5.41, 5.74) is 4.17. The standard InChI is InChI=1S/C25H42N7O20P3S/c1-25(2,19(38)22(39)28-4-3-14(35)27-5-6-56-24(40)16(36)12(34)7-33)9-49-55(46,47)52-54(44,45)48-8-13-18(51-53(41,42)43)17(37)23(50-13)32-11-31-15-20(26)29-10-30-21(15)32/h10-13,16-19,23,33-34,36-38H,3-9H2,1-2H3,(H,27,35)(H,28,39)(H,44,45)(H,46,47)(H2,26,29,30)(H2,41,42,43)/t12?,13-,16?,17-,18-,19?,23-/m1/s1. The van der Waals surface area contributed by atoms with E-state index in [9.17, 15) is 68.1 Å². The molecule has 27 nitrogen and oxygen atoms in total. The van der Waals surface area contributed by atoms with Crippen molar-refractivity contribution in [3.8, 4) is 0 Å². The van der Waals surface area contributed by atoms with Crippen LogP contribution < -0.4 is 16.4 Å². The Morgan fingerprint density at radius 1 is 1.04 bits per heavy atom. The number of aliphatic hydroxyl groups excluding tert-OH is 5. The normalized spacial score (nSPS) is 22.8. The summed E-state index contributed by atoms with van der Waals surface area (Å²) in [5, 5.41) is 52.8. The molecule has 0 saturated carbocycles. The molecule has 1 fully saturated rings. The van der Waals surface area contributed by atoms with Gasteiger partial charge in [-0.25, -0.2) is 28.6 Å². The van der Waals surface area contributed by atoms with Gasteiger partial charge in [-0.1, -0.05) is 25.6 Å². The highest BCUT2D eigenvalue weighted by Crippen LogP contribution is 2.61. The Bertz CT molecular complexity index is 1830. The molecule has 0 spiro atoms. The average molecular weight is 886 g/mol. The molecular weight excluding hydrogens is 843 g/mol. The number of phosphoric acid groups is 3. The van der Waals surface area contributed by atoms with Gasteiger partial charge in [0.25, 0.3) is 0 Å². The first-order valence-corrected chi connectivity index (χ1v) is 21.4. The lowest BCUT2D eigenvalue weighted by Gasteiger charge is -2.30. The topological polar surface area (TPSA) is 424 Å². The van der Waals surface area contributed by atoms with Crippen molar-refractivity contribution in [3.63, 3.8) is 0 Å². The number of phosphoric ester groups is 3. The molecule has 3 heterocycles. The van der Waals surface area contributed by atoms with Crippen molar-refractivity contribution in [3.05, 3.63) is 12.7 Å². The summed E-state index contributed by atoms with van der Waals surface area (Å²) in [7, 11) is -16.5.